The fourth-order valence-corrected chi connectivity index (χ4v) is 4.44. The SMILES string of the molecule is CCCCCCCC(O)CCCCCCCCCCCCCCCCCCCC(=O)O. The van der Waals surface area contributed by atoms with Gasteiger partial charge >= 0.3 is 5.97 Å². The van der Waals surface area contributed by atoms with E-state index in [0.717, 1.165) is 25.7 Å². The van der Waals surface area contributed by atoms with E-state index in [2.05, 4.69) is 6.92 Å². The molecular formula is C28H56O3. The van der Waals surface area contributed by atoms with Crippen LogP contribution in [0.2, 0.25) is 0 Å². The van der Waals surface area contributed by atoms with Crippen molar-refractivity contribution < 1.29 is 15.0 Å². The van der Waals surface area contributed by atoms with Crippen LogP contribution in [0, 0.1) is 0 Å². The standard InChI is InChI=1S/C28H56O3/c1-2-3-4-18-21-24-27(29)25-22-19-16-14-12-10-8-6-5-7-9-11-13-15-17-20-23-26-28(30)31/h27,29H,2-26H2,1H3,(H,30,31). The zero-order valence-corrected chi connectivity index (χ0v) is 21.1. The fourth-order valence-electron chi connectivity index (χ4n) is 4.44. The van der Waals surface area contributed by atoms with Crippen molar-refractivity contribution in [3.8, 4) is 0 Å². The summed E-state index contributed by atoms with van der Waals surface area (Å²) in [4.78, 5) is 10.4. The summed E-state index contributed by atoms with van der Waals surface area (Å²) >= 11 is 0. The molecule has 3 nitrogen and oxygen atoms in total. The van der Waals surface area contributed by atoms with Gasteiger partial charge in [0.05, 0.1) is 6.10 Å². The molecule has 0 saturated carbocycles. The van der Waals surface area contributed by atoms with Gasteiger partial charge in [0.1, 0.15) is 0 Å². The summed E-state index contributed by atoms with van der Waals surface area (Å²) in [6, 6.07) is 0. The Morgan fingerprint density at radius 1 is 0.516 bits per heavy atom. The molecule has 0 aliphatic carbocycles. The van der Waals surface area contributed by atoms with Crippen LogP contribution in [0.4, 0.5) is 0 Å². The summed E-state index contributed by atoms with van der Waals surface area (Å²) in [6.45, 7) is 2.25. The van der Waals surface area contributed by atoms with E-state index in [1.54, 1.807) is 0 Å². The van der Waals surface area contributed by atoms with Gasteiger partial charge in [-0.1, -0.05) is 142 Å². The molecule has 0 heterocycles. The molecule has 0 aliphatic rings. The Morgan fingerprint density at radius 3 is 1.13 bits per heavy atom. The minimum atomic E-state index is -0.658. The Labute approximate surface area is 194 Å². The number of aliphatic hydroxyl groups excluding tert-OH is 1. The molecule has 0 bridgehead atoms. The lowest BCUT2D eigenvalue weighted by atomic mass is 10.0. The molecule has 1 unspecified atom stereocenters. The van der Waals surface area contributed by atoms with E-state index in [-0.39, 0.29) is 6.10 Å². The molecule has 3 heteroatoms. The van der Waals surface area contributed by atoms with Crippen LogP contribution in [0.1, 0.15) is 167 Å². The fraction of sp³-hybridized carbons (Fsp3) is 0.964. The van der Waals surface area contributed by atoms with Gasteiger partial charge in [-0.2, -0.15) is 0 Å². The van der Waals surface area contributed by atoms with Gasteiger partial charge in [-0.25, -0.2) is 0 Å². The third-order valence-electron chi connectivity index (χ3n) is 6.57. The Kier molecular flexibility index (Phi) is 25.2. The van der Waals surface area contributed by atoms with Crippen LogP contribution in [0.5, 0.6) is 0 Å². The summed E-state index contributed by atoms with van der Waals surface area (Å²) in [6.07, 6.45) is 30.8. The van der Waals surface area contributed by atoms with Gasteiger partial charge in [-0.05, 0) is 19.3 Å². The second kappa shape index (κ2) is 25.7. The van der Waals surface area contributed by atoms with E-state index < -0.39 is 5.97 Å². The maximum Gasteiger partial charge on any atom is 0.303 e. The van der Waals surface area contributed by atoms with Crippen molar-refractivity contribution in [2.75, 3.05) is 0 Å². The van der Waals surface area contributed by atoms with Crippen LogP contribution >= 0.6 is 0 Å². The smallest absolute Gasteiger partial charge is 0.303 e. The summed E-state index contributed by atoms with van der Waals surface area (Å²) in [7, 11) is 0. The van der Waals surface area contributed by atoms with Gasteiger partial charge in [0.25, 0.3) is 0 Å². The molecule has 0 rings (SSSR count). The number of carboxylic acid groups (broad SMARTS) is 1. The van der Waals surface area contributed by atoms with E-state index in [1.807, 2.05) is 0 Å². The number of unbranched alkanes of at least 4 members (excludes halogenated alkanes) is 20. The molecule has 2 N–H and O–H groups in total. The minimum Gasteiger partial charge on any atom is -0.481 e. The highest BCUT2D eigenvalue weighted by Gasteiger charge is 2.03. The number of rotatable bonds is 26. The van der Waals surface area contributed by atoms with Gasteiger partial charge in [-0.3, -0.25) is 4.79 Å². The maximum atomic E-state index is 10.4. The first-order valence-corrected chi connectivity index (χ1v) is 14.1. The largest absolute Gasteiger partial charge is 0.481 e. The van der Waals surface area contributed by atoms with Gasteiger partial charge in [0.2, 0.25) is 0 Å². The number of carbonyl (C=O) groups is 1. The van der Waals surface area contributed by atoms with Crippen LogP contribution in [0.25, 0.3) is 0 Å². The third-order valence-corrected chi connectivity index (χ3v) is 6.57. The second-order valence-corrected chi connectivity index (χ2v) is 9.80. The average Bonchev–Trinajstić information content (AvgIpc) is 2.75. The number of carboxylic acids is 1. The lowest BCUT2D eigenvalue weighted by Crippen LogP contribution is -2.05. The van der Waals surface area contributed by atoms with Crippen molar-refractivity contribution >= 4 is 5.97 Å². The van der Waals surface area contributed by atoms with Crippen molar-refractivity contribution in [3.63, 3.8) is 0 Å². The van der Waals surface area contributed by atoms with Crippen molar-refractivity contribution in [2.24, 2.45) is 0 Å². The van der Waals surface area contributed by atoms with Gasteiger partial charge in [-0.15, -0.1) is 0 Å². The number of hydrogen-bond donors (Lipinski definition) is 2. The van der Waals surface area contributed by atoms with E-state index in [0.29, 0.717) is 6.42 Å². The molecule has 0 aromatic heterocycles. The molecule has 0 aromatic rings. The monoisotopic (exact) mass is 440 g/mol. The van der Waals surface area contributed by atoms with Crippen molar-refractivity contribution in [1.82, 2.24) is 0 Å². The molecular weight excluding hydrogens is 384 g/mol. The van der Waals surface area contributed by atoms with E-state index in [9.17, 15) is 9.90 Å². The second-order valence-electron chi connectivity index (χ2n) is 9.80. The molecule has 0 amide bonds. The first-order valence-electron chi connectivity index (χ1n) is 14.1. The van der Waals surface area contributed by atoms with Crippen LogP contribution in [-0.2, 0) is 4.79 Å². The highest BCUT2D eigenvalue weighted by molar-refractivity contribution is 5.66. The first-order chi connectivity index (χ1) is 15.2. The van der Waals surface area contributed by atoms with E-state index in [1.165, 1.54) is 128 Å². The highest BCUT2D eigenvalue weighted by Crippen LogP contribution is 2.16. The molecule has 31 heavy (non-hydrogen) atoms. The Morgan fingerprint density at radius 2 is 0.806 bits per heavy atom. The summed E-state index contributed by atoms with van der Waals surface area (Å²) < 4.78 is 0. The van der Waals surface area contributed by atoms with Crippen LogP contribution in [0.3, 0.4) is 0 Å². The number of aliphatic hydroxyl groups is 1. The highest BCUT2D eigenvalue weighted by atomic mass is 16.4. The molecule has 0 spiro atoms. The molecule has 0 aliphatic heterocycles. The van der Waals surface area contributed by atoms with Gasteiger partial charge in [0.15, 0.2) is 0 Å². The predicted molar refractivity (Wildman–Crippen MR) is 135 cm³/mol. The summed E-state index contributed by atoms with van der Waals surface area (Å²) in [5.74, 6) is -0.658. The first kappa shape index (κ1) is 30.4. The Balaban J connectivity index is 3.10. The Hall–Kier alpha value is -0.570. The van der Waals surface area contributed by atoms with Crippen LogP contribution < -0.4 is 0 Å². The topological polar surface area (TPSA) is 57.5 Å². The lowest BCUT2D eigenvalue weighted by molar-refractivity contribution is -0.137. The normalized spacial score (nSPS) is 12.3. The molecule has 186 valence electrons. The minimum absolute atomic E-state index is 0.0505. The lowest BCUT2D eigenvalue weighted by Gasteiger charge is -2.10. The van der Waals surface area contributed by atoms with Crippen LogP contribution in [-0.4, -0.2) is 22.3 Å². The number of aliphatic carboxylic acids is 1. The third kappa shape index (κ3) is 27.4. The van der Waals surface area contributed by atoms with Gasteiger partial charge in [0, 0.05) is 6.42 Å². The van der Waals surface area contributed by atoms with Crippen molar-refractivity contribution in [3.05, 3.63) is 0 Å². The van der Waals surface area contributed by atoms with Crippen molar-refractivity contribution in [2.45, 2.75) is 174 Å². The average molecular weight is 441 g/mol. The quantitative estimate of drug-likeness (QED) is 0.132. The zero-order valence-electron chi connectivity index (χ0n) is 21.1. The number of hydrogen-bond acceptors (Lipinski definition) is 2. The maximum absolute atomic E-state index is 10.4. The molecule has 0 radical (unpaired) electrons. The van der Waals surface area contributed by atoms with Crippen molar-refractivity contribution in [1.29, 1.82) is 0 Å². The molecule has 0 saturated heterocycles. The molecule has 0 aromatic carbocycles. The molecule has 0 fully saturated rings. The predicted octanol–water partition coefficient (Wildman–Crippen LogP) is 9.20. The van der Waals surface area contributed by atoms with Crippen LogP contribution in [0.15, 0.2) is 0 Å². The van der Waals surface area contributed by atoms with E-state index in [4.69, 9.17) is 5.11 Å². The summed E-state index contributed by atoms with van der Waals surface area (Å²) in [5.41, 5.74) is 0. The van der Waals surface area contributed by atoms with E-state index >= 15 is 0 Å². The zero-order chi connectivity index (χ0) is 22.8. The summed E-state index contributed by atoms with van der Waals surface area (Å²) in [5, 5.41) is 18.6. The Bertz CT molecular complexity index is 356. The molecule has 1 atom stereocenters. The van der Waals surface area contributed by atoms with Gasteiger partial charge < -0.3 is 10.2 Å².